The lowest BCUT2D eigenvalue weighted by atomic mass is 9.98. The van der Waals surface area contributed by atoms with E-state index in [4.69, 9.17) is 10.7 Å². The number of fused-ring (bicyclic) bond motifs is 1. The largest absolute Gasteiger partial charge is 0.383 e. The third kappa shape index (κ3) is 3.17. The number of rotatable bonds is 3. The summed E-state index contributed by atoms with van der Waals surface area (Å²) < 4.78 is 13.4. The zero-order chi connectivity index (χ0) is 19.0. The van der Waals surface area contributed by atoms with E-state index in [0.717, 1.165) is 28.1 Å². The normalized spacial score (nSPS) is 10.9. The van der Waals surface area contributed by atoms with Gasteiger partial charge in [0.1, 0.15) is 18.0 Å². The standard InChI is InChI=1S/C21H18FN5/c1-27(2)16-9-5-14(6-10-16)19-17(13-3-7-15(22)8-4-13)11-18-20(23)24-12-25-21(18)26-19/h3-12H,1-2H3,(H2,23,24,25,26). The minimum atomic E-state index is -0.285. The van der Waals surface area contributed by atoms with Crippen LogP contribution in [0.4, 0.5) is 15.9 Å². The molecular weight excluding hydrogens is 341 g/mol. The second kappa shape index (κ2) is 6.64. The maximum atomic E-state index is 13.4. The molecule has 0 bridgehead atoms. The highest BCUT2D eigenvalue weighted by Crippen LogP contribution is 2.34. The Balaban J connectivity index is 1.96. The zero-order valence-corrected chi connectivity index (χ0v) is 15.0. The maximum Gasteiger partial charge on any atom is 0.165 e. The van der Waals surface area contributed by atoms with Crippen molar-refractivity contribution in [3.63, 3.8) is 0 Å². The molecule has 0 spiro atoms. The highest BCUT2D eigenvalue weighted by Gasteiger charge is 2.14. The molecular formula is C21H18FN5. The molecule has 0 saturated carbocycles. The number of anilines is 2. The molecule has 0 aliphatic rings. The Morgan fingerprint density at radius 1 is 0.889 bits per heavy atom. The van der Waals surface area contributed by atoms with E-state index >= 15 is 0 Å². The number of benzene rings is 2. The molecule has 4 rings (SSSR count). The maximum absolute atomic E-state index is 13.4. The molecule has 0 aliphatic carbocycles. The van der Waals surface area contributed by atoms with Gasteiger partial charge in [-0.2, -0.15) is 0 Å². The highest BCUT2D eigenvalue weighted by atomic mass is 19.1. The van der Waals surface area contributed by atoms with Crippen LogP contribution in [0.15, 0.2) is 60.9 Å². The van der Waals surface area contributed by atoms with Crippen LogP contribution in [-0.4, -0.2) is 29.0 Å². The summed E-state index contributed by atoms with van der Waals surface area (Å²) in [6.07, 6.45) is 1.40. The molecule has 27 heavy (non-hydrogen) atoms. The van der Waals surface area contributed by atoms with Crippen molar-refractivity contribution in [1.82, 2.24) is 15.0 Å². The van der Waals surface area contributed by atoms with Gasteiger partial charge in [-0.25, -0.2) is 19.3 Å². The second-order valence-corrected chi connectivity index (χ2v) is 6.46. The molecule has 2 aromatic heterocycles. The van der Waals surface area contributed by atoms with Crippen LogP contribution in [0, 0.1) is 5.82 Å². The summed E-state index contributed by atoms with van der Waals surface area (Å²) in [5.41, 5.74) is 11.0. The van der Waals surface area contributed by atoms with E-state index in [0.29, 0.717) is 16.9 Å². The van der Waals surface area contributed by atoms with E-state index in [9.17, 15) is 4.39 Å². The van der Waals surface area contributed by atoms with Gasteiger partial charge in [-0.3, -0.25) is 0 Å². The lowest BCUT2D eigenvalue weighted by molar-refractivity contribution is 0.628. The first-order chi connectivity index (χ1) is 13.0. The summed E-state index contributed by atoms with van der Waals surface area (Å²) in [6, 6.07) is 16.3. The van der Waals surface area contributed by atoms with Crippen molar-refractivity contribution in [3.8, 4) is 22.4 Å². The Hall–Kier alpha value is -3.54. The molecule has 0 unspecified atom stereocenters. The van der Waals surface area contributed by atoms with E-state index in [2.05, 4.69) is 9.97 Å². The topological polar surface area (TPSA) is 67.9 Å². The molecule has 2 N–H and O–H groups in total. The minimum absolute atomic E-state index is 0.285. The van der Waals surface area contributed by atoms with Crippen molar-refractivity contribution in [2.45, 2.75) is 0 Å². The summed E-state index contributed by atoms with van der Waals surface area (Å²) in [4.78, 5) is 15.1. The number of hydrogen-bond donors (Lipinski definition) is 1. The molecule has 0 fully saturated rings. The third-order valence-electron chi connectivity index (χ3n) is 4.47. The van der Waals surface area contributed by atoms with Gasteiger partial charge in [0.15, 0.2) is 5.65 Å². The lowest BCUT2D eigenvalue weighted by Crippen LogP contribution is -2.08. The van der Waals surface area contributed by atoms with Crippen LogP contribution < -0.4 is 10.6 Å². The molecule has 0 atom stereocenters. The Kier molecular flexibility index (Phi) is 4.16. The van der Waals surface area contributed by atoms with Crippen molar-refractivity contribution in [2.24, 2.45) is 0 Å². The predicted molar refractivity (Wildman–Crippen MR) is 107 cm³/mol. The molecule has 2 heterocycles. The number of aromatic nitrogens is 3. The molecule has 134 valence electrons. The molecule has 0 aliphatic heterocycles. The third-order valence-corrected chi connectivity index (χ3v) is 4.47. The van der Waals surface area contributed by atoms with Crippen molar-refractivity contribution in [1.29, 1.82) is 0 Å². The van der Waals surface area contributed by atoms with Crippen LogP contribution in [0.25, 0.3) is 33.4 Å². The first-order valence-corrected chi connectivity index (χ1v) is 8.48. The molecule has 0 amide bonds. The van der Waals surface area contributed by atoms with Crippen molar-refractivity contribution in [2.75, 3.05) is 24.7 Å². The Bertz CT molecular complexity index is 1110. The molecule has 5 nitrogen and oxygen atoms in total. The Morgan fingerprint density at radius 2 is 1.56 bits per heavy atom. The summed E-state index contributed by atoms with van der Waals surface area (Å²) in [5.74, 6) is 0.0811. The fraction of sp³-hybridized carbons (Fsp3) is 0.0952. The first kappa shape index (κ1) is 16.9. The lowest BCUT2D eigenvalue weighted by Gasteiger charge is -2.15. The van der Waals surface area contributed by atoms with Gasteiger partial charge in [0, 0.05) is 30.9 Å². The highest BCUT2D eigenvalue weighted by molar-refractivity contribution is 5.94. The van der Waals surface area contributed by atoms with Crippen molar-refractivity contribution >= 4 is 22.5 Å². The van der Waals surface area contributed by atoms with Gasteiger partial charge in [0.05, 0.1) is 11.1 Å². The summed E-state index contributed by atoms with van der Waals surface area (Å²) in [5, 5.41) is 0.672. The molecule has 0 radical (unpaired) electrons. The molecule has 2 aromatic carbocycles. The summed E-state index contributed by atoms with van der Waals surface area (Å²) in [6.45, 7) is 0. The smallest absolute Gasteiger partial charge is 0.165 e. The van der Waals surface area contributed by atoms with E-state index in [1.165, 1.54) is 18.5 Å². The van der Waals surface area contributed by atoms with E-state index in [1.807, 2.05) is 49.3 Å². The van der Waals surface area contributed by atoms with E-state index < -0.39 is 0 Å². The fourth-order valence-corrected chi connectivity index (χ4v) is 2.99. The van der Waals surface area contributed by atoms with E-state index in [-0.39, 0.29) is 5.82 Å². The number of nitrogen functional groups attached to an aromatic ring is 1. The van der Waals surface area contributed by atoms with Gasteiger partial charge in [-0.05, 0) is 35.9 Å². The van der Waals surface area contributed by atoms with Gasteiger partial charge in [-0.15, -0.1) is 0 Å². The monoisotopic (exact) mass is 359 g/mol. The van der Waals surface area contributed by atoms with Gasteiger partial charge < -0.3 is 10.6 Å². The van der Waals surface area contributed by atoms with Crippen molar-refractivity contribution in [3.05, 3.63) is 66.7 Å². The van der Waals surface area contributed by atoms with Crippen LogP contribution in [0.5, 0.6) is 0 Å². The Morgan fingerprint density at radius 3 is 2.22 bits per heavy atom. The number of halogens is 1. The van der Waals surface area contributed by atoms with Crippen LogP contribution >= 0.6 is 0 Å². The van der Waals surface area contributed by atoms with Crippen molar-refractivity contribution < 1.29 is 4.39 Å². The molecule has 0 saturated heterocycles. The molecule has 4 aromatic rings. The SMILES string of the molecule is CN(C)c1ccc(-c2nc3ncnc(N)c3cc2-c2ccc(F)cc2)cc1. The second-order valence-electron chi connectivity index (χ2n) is 6.46. The van der Waals surface area contributed by atoms with Gasteiger partial charge in [0.25, 0.3) is 0 Å². The summed E-state index contributed by atoms with van der Waals surface area (Å²) in [7, 11) is 3.99. The van der Waals surface area contributed by atoms with Gasteiger partial charge >= 0.3 is 0 Å². The van der Waals surface area contributed by atoms with Gasteiger partial charge in [0.2, 0.25) is 0 Å². The van der Waals surface area contributed by atoms with Crippen LogP contribution in [0.2, 0.25) is 0 Å². The van der Waals surface area contributed by atoms with E-state index in [1.54, 1.807) is 12.1 Å². The molecule has 6 heteroatoms. The predicted octanol–water partition coefficient (Wildman–Crippen LogP) is 4.15. The van der Waals surface area contributed by atoms with Crippen LogP contribution in [-0.2, 0) is 0 Å². The number of nitrogens with zero attached hydrogens (tertiary/aromatic N) is 4. The number of nitrogens with two attached hydrogens (primary N) is 1. The quantitative estimate of drug-likeness (QED) is 0.595. The Labute approximate surface area is 156 Å². The number of hydrogen-bond acceptors (Lipinski definition) is 5. The van der Waals surface area contributed by atoms with Gasteiger partial charge in [-0.1, -0.05) is 24.3 Å². The zero-order valence-electron chi connectivity index (χ0n) is 15.0. The van der Waals surface area contributed by atoms with Crippen LogP contribution in [0.3, 0.4) is 0 Å². The average Bonchev–Trinajstić information content (AvgIpc) is 2.68. The van der Waals surface area contributed by atoms with Crippen LogP contribution in [0.1, 0.15) is 0 Å². The first-order valence-electron chi connectivity index (χ1n) is 8.48. The average molecular weight is 359 g/mol. The number of pyridine rings is 1. The fourth-order valence-electron chi connectivity index (χ4n) is 2.99. The minimum Gasteiger partial charge on any atom is -0.383 e. The summed E-state index contributed by atoms with van der Waals surface area (Å²) >= 11 is 0.